The van der Waals surface area contributed by atoms with Gasteiger partial charge >= 0.3 is 15.8 Å². The molecular formula is C7H6N2O6S. The average molecular weight is 246 g/mol. The maximum absolute atomic E-state index is 10.8. The summed E-state index contributed by atoms with van der Waals surface area (Å²) in [6.45, 7) is 0. The van der Waals surface area contributed by atoms with Gasteiger partial charge in [-0.2, -0.15) is 8.42 Å². The number of primary amides is 1. The number of nitrogens with two attached hydrogens (primary N) is 1. The van der Waals surface area contributed by atoms with Gasteiger partial charge in [-0.05, 0) is 12.1 Å². The van der Waals surface area contributed by atoms with Crippen LogP contribution in [0.5, 0.6) is 0 Å². The van der Waals surface area contributed by atoms with Crippen LogP contribution in [0.2, 0.25) is 0 Å². The number of nitro groups is 1. The summed E-state index contributed by atoms with van der Waals surface area (Å²) in [6.07, 6.45) is 0. The summed E-state index contributed by atoms with van der Waals surface area (Å²) in [4.78, 5) is 19.4. The first-order valence-electron chi connectivity index (χ1n) is 3.80. The highest BCUT2D eigenvalue weighted by atomic mass is 32.2. The van der Waals surface area contributed by atoms with Crippen LogP contribution < -0.4 is 5.73 Å². The zero-order valence-corrected chi connectivity index (χ0v) is 8.47. The van der Waals surface area contributed by atoms with Crippen molar-refractivity contribution in [1.82, 2.24) is 0 Å². The highest BCUT2D eigenvalue weighted by Crippen LogP contribution is 2.27. The van der Waals surface area contributed by atoms with E-state index in [2.05, 4.69) is 0 Å². The van der Waals surface area contributed by atoms with E-state index in [-0.39, 0.29) is 0 Å². The average Bonchev–Trinajstić information content (AvgIpc) is 2.14. The maximum Gasteiger partial charge on any atom is 0.303 e. The fraction of sp³-hybridized carbons (Fsp3) is 0. The second-order valence-corrected chi connectivity index (χ2v) is 4.14. The van der Waals surface area contributed by atoms with Crippen LogP contribution >= 0.6 is 0 Å². The second kappa shape index (κ2) is 3.87. The Kier molecular flexibility index (Phi) is 2.92. The van der Waals surface area contributed by atoms with E-state index in [1.54, 1.807) is 0 Å². The van der Waals surface area contributed by atoms with Crippen molar-refractivity contribution in [2.45, 2.75) is 4.90 Å². The zero-order chi connectivity index (χ0) is 12.5. The van der Waals surface area contributed by atoms with Crippen molar-refractivity contribution in [3.8, 4) is 0 Å². The summed E-state index contributed by atoms with van der Waals surface area (Å²) in [6, 6.07) is 2.87. The number of carbonyl (C=O) groups is 1. The third-order valence-electron chi connectivity index (χ3n) is 1.72. The molecule has 86 valence electrons. The number of carbonyl (C=O) groups excluding carboxylic acids is 1. The molecule has 0 spiro atoms. The third kappa shape index (κ3) is 2.15. The van der Waals surface area contributed by atoms with Gasteiger partial charge in [0.2, 0.25) is 0 Å². The van der Waals surface area contributed by atoms with Gasteiger partial charge in [-0.1, -0.05) is 6.07 Å². The predicted molar refractivity (Wildman–Crippen MR) is 51.4 cm³/mol. The van der Waals surface area contributed by atoms with Crippen LogP contribution in [0.3, 0.4) is 0 Å². The molecule has 0 aliphatic heterocycles. The highest BCUT2D eigenvalue weighted by molar-refractivity contribution is 7.86. The molecule has 16 heavy (non-hydrogen) atoms. The lowest BCUT2D eigenvalue weighted by atomic mass is 10.2. The Balaban J connectivity index is 3.72. The Bertz CT molecular complexity index is 564. The van der Waals surface area contributed by atoms with E-state index in [4.69, 9.17) is 10.3 Å². The molecule has 0 saturated heterocycles. The third-order valence-corrected chi connectivity index (χ3v) is 2.61. The van der Waals surface area contributed by atoms with Crippen LogP contribution in [-0.4, -0.2) is 23.8 Å². The Labute approximate surface area is 89.6 Å². The number of benzene rings is 1. The van der Waals surface area contributed by atoms with Crippen LogP contribution in [-0.2, 0) is 10.1 Å². The molecule has 0 saturated carbocycles. The lowest BCUT2D eigenvalue weighted by molar-refractivity contribution is -0.388. The predicted octanol–water partition coefficient (Wildman–Crippen LogP) is -0.0596. The van der Waals surface area contributed by atoms with Crippen molar-refractivity contribution in [1.29, 1.82) is 0 Å². The maximum atomic E-state index is 10.8. The molecule has 1 amide bonds. The summed E-state index contributed by atoms with van der Waals surface area (Å²) in [7, 11) is -4.78. The molecule has 0 aromatic heterocycles. The molecule has 0 atom stereocenters. The monoisotopic (exact) mass is 246 g/mol. The fourth-order valence-corrected chi connectivity index (χ4v) is 1.80. The molecule has 1 rings (SSSR count). The SMILES string of the molecule is NC(=O)c1cccc(S(=O)(=O)O)c1[N+](=O)[O-]. The van der Waals surface area contributed by atoms with E-state index in [0.29, 0.717) is 0 Å². The van der Waals surface area contributed by atoms with Crippen molar-refractivity contribution in [3.05, 3.63) is 33.9 Å². The lowest BCUT2D eigenvalue weighted by Gasteiger charge is -2.02. The van der Waals surface area contributed by atoms with E-state index in [1.807, 2.05) is 0 Å². The molecule has 0 unspecified atom stereocenters. The van der Waals surface area contributed by atoms with Crippen LogP contribution in [0.4, 0.5) is 5.69 Å². The fourth-order valence-electron chi connectivity index (χ4n) is 1.12. The zero-order valence-electron chi connectivity index (χ0n) is 7.65. The van der Waals surface area contributed by atoms with E-state index in [9.17, 15) is 23.3 Å². The Morgan fingerprint density at radius 1 is 1.44 bits per heavy atom. The number of amides is 1. The summed E-state index contributed by atoms with van der Waals surface area (Å²) in [5.74, 6) is -1.16. The number of rotatable bonds is 3. The van der Waals surface area contributed by atoms with Crippen molar-refractivity contribution in [2.75, 3.05) is 0 Å². The molecule has 0 aliphatic rings. The topological polar surface area (TPSA) is 141 Å². The van der Waals surface area contributed by atoms with Crippen molar-refractivity contribution in [2.24, 2.45) is 5.73 Å². The van der Waals surface area contributed by atoms with Crippen LogP contribution in [0.15, 0.2) is 23.1 Å². The first-order chi connectivity index (χ1) is 7.25. The molecule has 1 aromatic carbocycles. The molecule has 3 N–H and O–H groups in total. The molecule has 0 heterocycles. The summed E-state index contributed by atoms with van der Waals surface area (Å²) >= 11 is 0. The Morgan fingerprint density at radius 3 is 2.38 bits per heavy atom. The van der Waals surface area contributed by atoms with E-state index < -0.39 is 37.1 Å². The van der Waals surface area contributed by atoms with E-state index >= 15 is 0 Å². The number of nitro benzene ring substituents is 1. The normalized spacial score (nSPS) is 11.1. The number of hydrogen-bond acceptors (Lipinski definition) is 5. The van der Waals surface area contributed by atoms with Gasteiger partial charge in [-0.25, -0.2) is 0 Å². The van der Waals surface area contributed by atoms with Crippen molar-refractivity contribution in [3.63, 3.8) is 0 Å². The van der Waals surface area contributed by atoms with Gasteiger partial charge in [0, 0.05) is 0 Å². The quantitative estimate of drug-likeness (QED) is 0.434. The Hall–Kier alpha value is -2.00. The standard InChI is InChI=1S/C7H6N2O6S/c8-7(10)4-2-1-3-5(16(13,14)15)6(4)9(11)12/h1-3H,(H2,8,10)(H,13,14,15). The lowest BCUT2D eigenvalue weighted by Crippen LogP contribution is -2.15. The van der Waals surface area contributed by atoms with Crippen molar-refractivity contribution < 1.29 is 22.7 Å². The number of para-hydroxylation sites is 1. The van der Waals surface area contributed by atoms with Gasteiger partial charge in [-0.3, -0.25) is 19.5 Å². The second-order valence-electron chi connectivity index (χ2n) is 2.75. The van der Waals surface area contributed by atoms with Crippen LogP contribution in [0, 0.1) is 10.1 Å². The minimum absolute atomic E-state index is 0.583. The van der Waals surface area contributed by atoms with Gasteiger partial charge in [0.15, 0.2) is 4.90 Å². The summed E-state index contributed by atoms with van der Waals surface area (Å²) < 4.78 is 30.4. The van der Waals surface area contributed by atoms with E-state index in [0.717, 1.165) is 18.2 Å². The van der Waals surface area contributed by atoms with Crippen LogP contribution in [0.25, 0.3) is 0 Å². The summed E-state index contributed by atoms with van der Waals surface area (Å²) in [5.41, 5.74) is 3.23. The molecule has 0 fully saturated rings. The van der Waals surface area contributed by atoms with Gasteiger partial charge in [-0.15, -0.1) is 0 Å². The van der Waals surface area contributed by atoms with Gasteiger partial charge in [0.25, 0.3) is 5.91 Å². The molecule has 0 aliphatic carbocycles. The smallest absolute Gasteiger partial charge is 0.303 e. The first-order valence-corrected chi connectivity index (χ1v) is 5.24. The highest BCUT2D eigenvalue weighted by Gasteiger charge is 2.29. The van der Waals surface area contributed by atoms with Gasteiger partial charge < -0.3 is 5.73 Å². The largest absolute Gasteiger partial charge is 0.365 e. The number of hydrogen-bond donors (Lipinski definition) is 2. The molecule has 1 aromatic rings. The van der Waals surface area contributed by atoms with Crippen molar-refractivity contribution >= 4 is 21.7 Å². The molecule has 9 heteroatoms. The summed E-state index contributed by atoms with van der Waals surface area (Å²) in [5, 5.41) is 10.6. The Morgan fingerprint density at radius 2 is 2.00 bits per heavy atom. The van der Waals surface area contributed by atoms with E-state index in [1.165, 1.54) is 0 Å². The van der Waals surface area contributed by atoms with Gasteiger partial charge in [0.1, 0.15) is 5.56 Å². The van der Waals surface area contributed by atoms with Gasteiger partial charge in [0.05, 0.1) is 4.92 Å². The molecule has 8 nitrogen and oxygen atoms in total. The molecule has 0 bridgehead atoms. The molecular weight excluding hydrogens is 240 g/mol. The first kappa shape index (κ1) is 12.1. The number of nitrogens with zero attached hydrogens (tertiary/aromatic N) is 1. The minimum Gasteiger partial charge on any atom is -0.365 e. The minimum atomic E-state index is -4.78. The van der Waals surface area contributed by atoms with Crippen LogP contribution in [0.1, 0.15) is 10.4 Å². The molecule has 0 radical (unpaired) electrons.